The summed E-state index contributed by atoms with van der Waals surface area (Å²) in [5.74, 6) is 0.571. The van der Waals surface area contributed by atoms with Crippen molar-refractivity contribution >= 4 is 32.3 Å². The van der Waals surface area contributed by atoms with Crippen LogP contribution in [0.5, 0.6) is 11.5 Å². The number of rotatable bonds is 6. The van der Waals surface area contributed by atoms with Crippen molar-refractivity contribution in [2.75, 3.05) is 18.9 Å². The number of methoxy groups -OCH3 is 2. The molecule has 0 aliphatic rings. The Kier molecular flexibility index (Phi) is 4.89. The number of hydrogen-bond acceptors (Lipinski definition) is 7. The van der Waals surface area contributed by atoms with E-state index in [1.807, 2.05) is 36.6 Å². The first-order chi connectivity index (χ1) is 13.9. The number of thiazole rings is 1. The van der Waals surface area contributed by atoms with Crippen LogP contribution in [0, 0.1) is 6.92 Å². The summed E-state index contributed by atoms with van der Waals surface area (Å²) in [7, 11) is -1.12. The molecule has 0 atom stereocenters. The van der Waals surface area contributed by atoms with Gasteiger partial charge in [-0.25, -0.2) is 17.7 Å². The van der Waals surface area contributed by atoms with Gasteiger partial charge in [-0.1, -0.05) is 29.8 Å². The first kappa shape index (κ1) is 19.2. The zero-order valence-electron chi connectivity index (χ0n) is 15.9. The zero-order chi connectivity index (χ0) is 20.6. The number of fused-ring (bicyclic) bond motifs is 1. The van der Waals surface area contributed by atoms with Crippen LogP contribution >= 0.6 is 11.3 Å². The fraction of sp³-hybridized carbons (Fsp3) is 0.158. The van der Waals surface area contributed by atoms with Gasteiger partial charge in [0.25, 0.3) is 16.0 Å². The molecular formula is C19H18N4O4S2. The topological polar surface area (TPSA) is 94.8 Å². The monoisotopic (exact) mass is 430 g/mol. The highest BCUT2D eigenvalue weighted by Crippen LogP contribution is 2.30. The van der Waals surface area contributed by atoms with Gasteiger partial charge in [0, 0.05) is 17.0 Å². The second-order valence-electron chi connectivity index (χ2n) is 6.24. The molecule has 0 amide bonds. The summed E-state index contributed by atoms with van der Waals surface area (Å²) in [6, 6.07) is 12.5. The minimum Gasteiger partial charge on any atom is -0.497 e. The minimum atomic E-state index is -3.99. The number of hydrogen-bond donors (Lipinski definition) is 1. The standard InChI is InChI=1S/C19H18N4O4S2/c1-12-4-6-13(7-5-12)15-11-28-19-20-18(21-23(15)19)22-29(24,25)17-10-14(26-2)8-9-16(17)27-3/h4-11H,1-3H3,(H,21,22). The number of nitrogens with zero attached hydrogens (tertiary/aromatic N) is 3. The van der Waals surface area contributed by atoms with Gasteiger partial charge < -0.3 is 9.47 Å². The fourth-order valence-electron chi connectivity index (χ4n) is 2.82. The number of anilines is 1. The van der Waals surface area contributed by atoms with Gasteiger partial charge >= 0.3 is 0 Å². The van der Waals surface area contributed by atoms with Crippen molar-refractivity contribution in [1.82, 2.24) is 14.6 Å². The Morgan fingerprint density at radius 3 is 2.52 bits per heavy atom. The van der Waals surface area contributed by atoms with Crippen LogP contribution in [0.15, 0.2) is 52.7 Å². The lowest BCUT2D eigenvalue weighted by Crippen LogP contribution is -2.15. The predicted octanol–water partition coefficient (Wildman–Crippen LogP) is 3.58. The Labute approximate surface area is 171 Å². The van der Waals surface area contributed by atoms with Crippen LogP contribution < -0.4 is 14.2 Å². The van der Waals surface area contributed by atoms with E-state index in [-0.39, 0.29) is 16.6 Å². The van der Waals surface area contributed by atoms with E-state index < -0.39 is 10.0 Å². The highest BCUT2D eigenvalue weighted by atomic mass is 32.2. The van der Waals surface area contributed by atoms with E-state index in [1.54, 1.807) is 10.6 Å². The third kappa shape index (κ3) is 3.64. The van der Waals surface area contributed by atoms with Crippen LogP contribution in [0.25, 0.3) is 16.2 Å². The van der Waals surface area contributed by atoms with Crippen molar-refractivity contribution in [3.8, 4) is 22.8 Å². The molecule has 2 aromatic heterocycles. The Hall–Kier alpha value is -3.11. The summed E-state index contributed by atoms with van der Waals surface area (Å²) in [5, 5.41) is 6.27. The highest BCUT2D eigenvalue weighted by molar-refractivity contribution is 7.92. The highest BCUT2D eigenvalue weighted by Gasteiger charge is 2.23. The number of ether oxygens (including phenoxy) is 2. The van der Waals surface area contributed by atoms with Gasteiger partial charge in [0.2, 0.25) is 4.96 Å². The summed E-state index contributed by atoms with van der Waals surface area (Å²) in [4.78, 5) is 4.81. The zero-order valence-corrected chi connectivity index (χ0v) is 17.5. The van der Waals surface area contributed by atoms with Crippen molar-refractivity contribution in [3.63, 3.8) is 0 Å². The molecule has 4 aromatic rings. The average molecular weight is 431 g/mol. The molecule has 0 radical (unpaired) electrons. The van der Waals surface area contributed by atoms with Crippen molar-refractivity contribution in [1.29, 1.82) is 0 Å². The van der Waals surface area contributed by atoms with Crippen LogP contribution in [0.3, 0.4) is 0 Å². The number of sulfonamides is 1. The van der Waals surface area contributed by atoms with E-state index in [4.69, 9.17) is 9.47 Å². The van der Waals surface area contributed by atoms with E-state index in [0.29, 0.717) is 10.7 Å². The Morgan fingerprint density at radius 2 is 1.83 bits per heavy atom. The predicted molar refractivity (Wildman–Crippen MR) is 111 cm³/mol. The Morgan fingerprint density at radius 1 is 1.07 bits per heavy atom. The van der Waals surface area contributed by atoms with E-state index in [9.17, 15) is 8.42 Å². The number of aryl methyl sites for hydroxylation is 1. The third-order valence-corrected chi connectivity index (χ3v) is 6.48. The molecule has 8 nitrogen and oxygen atoms in total. The summed E-state index contributed by atoms with van der Waals surface area (Å²) in [6.45, 7) is 2.02. The molecule has 0 bridgehead atoms. The van der Waals surface area contributed by atoms with Gasteiger partial charge in [-0.05, 0) is 19.1 Å². The maximum atomic E-state index is 12.9. The van der Waals surface area contributed by atoms with E-state index in [2.05, 4.69) is 14.8 Å². The second kappa shape index (κ2) is 7.37. The van der Waals surface area contributed by atoms with Crippen molar-refractivity contribution < 1.29 is 17.9 Å². The number of benzene rings is 2. The lowest BCUT2D eigenvalue weighted by atomic mass is 10.1. The van der Waals surface area contributed by atoms with E-state index >= 15 is 0 Å². The summed E-state index contributed by atoms with van der Waals surface area (Å²) < 4.78 is 40.2. The summed E-state index contributed by atoms with van der Waals surface area (Å²) in [6.07, 6.45) is 0. The molecule has 150 valence electrons. The SMILES string of the molecule is COc1ccc(OC)c(S(=O)(=O)Nc2nc3scc(-c4ccc(C)cc4)n3n2)c1. The molecule has 29 heavy (non-hydrogen) atoms. The molecule has 2 aromatic carbocycles. The van der Waals surface area contributed by atoms with Gasteiger partial charge in [-0.15, -0.1) is 16.4 Å². The Balaban J connectivity index is 1.70. The van der Waals surface area contributed by atoms with Crippen LogP contribution in [-0.2, 0) is 10.0 Å². The largest absolute Gasteiger partial charge is 0.497 e. The number of nitrogens with one attached hydrogen (secondary N) is 1. The minimum absolute atomic E-state index is 0.0184. The van der Waals surface area contributed by atoms with Gasteiger partial charge in [0.05, 0.1) is 19.9 Å². The summed E-state index contributed by atoms with van der Waals surface area (Å²) in [5.41, 5.74) is 2.96. The molecule has 0 fully saturated rings. The molecule has 1 N–H and O–H groups in total. The maximum Gasteiger partial charge on any atom is 0.268 e. The lowest BCUT2D eigenvalue weighted by molar-refractivity contribution is 0.392. The molecule has 4 rings (SSSR count). The first-order valence-corrected chi connectivity index (χ1v) is 10.9. The normalized spacial score (nSPS) is 11.6. The molecule has 0 aliphatic heterocycles. The smallest absolute Gasteiger partial charge is 0.268 e. The van der Waals surface area contributed by atoms with Gasteiger partial charge in [-0.2, -0.15) is 4.98 Å². The van der Waals surface area contributed by atoms with Crippen molar-refractivity contribution in [2.45, 2.75) is 11.8 Å². The van der Waals surface area contributed by atoms with Crippen LogP contribution in [0.4, 0.5) is 5.95 Å². The van der Waals surface area contributed by atoms with Crippen LogP contribution in [0.1, 0.15) is 5.56 Å². The molecule has 0 aliphatic carbocycles. The molecule has 10 heteroatoms. The van der Waals surface area contributed by atoms with Crippen molar-refractivity contribution in [3.05, 3.63) is 53.4 Å². The number of aromatic nitrogens is 3. The molecule has 0 unspecified atom stereocenters. The maximum absolute atomic E-state index is 12.9. The molecular weight excluding hydrogens is 412 g/mol. The molecule has 0 spiro atoms. The fourth-order valence-corrected chi connectivity index (χ4v) is 4.77. The van der Waals surface area contributed by atoms with Crippen LogP contribution in [0.2, 0.25) is 0 Å². The molecule has 0 saturated heterocycles. The quantitative estimate of drug-likeness (QED) is 0.502. The second-order valence-corrected chi connectivity index (χ2v) is 8.73. The third-order valence-electron chi connectivity index (χ3n) is 4.31. The molecule has 2 heterocycles. The average Bonchev–Trinajstić information content (AvgIpc) is 3.28. The first-order valence-electron chi connectivity index (χ1n) is 8.57. The van der Waals surface area contributed by atoms with E-state index in [1.165, 1.54) is 37.7 Å². The molecule has 0 saturated carbocycles. The van der Waals surface area contributed by atoms with E-state index in [0.717, 1.165) is 16.8 Å². The van der Waals surface area contributed by atoms with Crippen molar-refractivity contribution in [2.24, 2.45) is 0 Å². The van der Waals surface area contributed by atoms with Crippen LogP contribution in [-0.4, -0.2) is 37.2 Å². The van der Waals surface area contributed by atoms with Gasteiger partial charge in [0.1, 0.15) is 16.4 Å². The van der Waals surface area contributed by atoms with Gasteiger partial charge in [0.15, 0.2) is 0 Å². The summed E-state index contributed by atoms with van der Waals surface area (Å²) >= 11 is 1.38. The van der Waals surface area contributed by atoms with Gasteiger partial charge in [-0.3, -0.25) is 0 Å². The Bertz CT molecular complexity index is 1280. The lowest BCUT2D eigenvalue weighted by Gasteiger charge is -2.11.